The van der Waals surface area contributed by atoms with Gasteiger partial charge in [-0.3, -0.25) is 9.59 Å². The zero-order chi connectivity index (χ0) is 20.3. The summed E-state index contributed by atoms with van der Waals surface area (Å²) in [4.78, 5) is 32.6. The number of pyridine rings is 1. The molecule has 0 unspecified atom stereocenters. The first-order valence-electron chi connectivity index (χ1n) is 9.33. The van der Waals surface area contributed by atoms with Crippen molar-refractivity contribution in [3.8, 4) is 0 Å². The van der Waals surface area contributed by atoms with E-state index in [2.05, 4.69) is 15.4 Å². The molecule has 28 heavy (non-hydrogen) atoms. The number of amides is 2. The highest BCUT2D eigenvalue weighted by Gasteiger charge is 2.22. The van der Waals surface area contributed by atoms with Crippen molar-refractivity contribution in [2.24, 2.45) is 0 Å². The number of thiophene rings is 1. The molecular weight excluding hydrogens is 374 g/mol. The van der Waals surface area contributed by atoms with Gasteiger partial charge in [0.25, 0.3) is 5.91 Å². The Balaban J connectivity index is 1.92. The van der Waals surface area contributed by atoms with Crippen LogP contribution in [0, 0.1) is 6.92 Å². The van der Waals surface area contributed by atoms with Gasteiger partial charge in [-0.25, -0.2) is 9.67 Å². The van der Waals surface area contributed by atoms with Crippen LogP contribution in [0.15, 0.2) is 29.8 Å². The summed E-state index contributed by atoms with van der Waals surface area (Å²) in [6.45, 7) is 8.60. The molecule has 0 spiro atoms. The van der Waals surface area contributed by atoms with Crippen LogP contribution in [0.3, 0.4) is 0 Å². The molecule has 7 nitrogen and oxygen atoms in total. The Morgan fingerprint density at radius 2 is 2.14 bits per heavy atom. The van der Waals surface area contributed by atoms with Crippen LogP contribution in [-0.2, 0) is 11.3 Å². The molecule has 0 radical (unpaired) electrons. The molecule has 2 amide bonds. The summed E-state index contributed by atoms with van der Waals surface area (Å²) in [5.41, 5.74) is 1.95. The molecular formula is C20H25N5O2S. The van der Waals surface area contributed by atoms with E-state index in [1.807, 2.05) is 49.9 Å². The summed E-state index contributed by atoms with van der Waals surface area (Å²) in [5, 5.41) is 10.0. The zero-order valence-corrected chi connectivity index (χ0v) is 17.4. The maximum absolute atomic E-state index is 13.2. The van der Waals surface area contributed by atoms with Crippen molar-refractivity contribution in [1.29, 1.82) is 0 Å². The second kappa shape index (κ2) is 8.52. The van der Waals surface area contributed by atoms with Crippen molar-refractivity contribution in [2.45, 2.75) is 40.3 Å². The second-order valence-electron chi connectivity index (χ2n) is 6.97. The fourth-order valence-corrected chi connectivity index (χ4v) is 3.74. The second-order valence-corrected chi connectivity index (χ2v) is 8.00. The molecule has 3 aromatic heterocycles. The molecule has 3 aromatic rings. The van der Waals surface area contributed by atoms with Crippen molar-refractivity contribution in [1.82, 2.24) is 25.0 Å². The quantitative estimate of drug-likeness (QED) is 0.662. The van der Waals surface area contributed by atoms with E-state index in [1.54, 1.807) is 28.5 Å². The minimum absolute atomic E-state index is 0.0275. The maximum Gasteiger partial charge on any atom is 0.255 e. The molecule has 0 saturated heterocycles. The molecule has 0 aliphatic carbocycles. The Morgan fingerprint density at radius 3 is 2.79 bits per heavy atom. The normalized spacial score (nSPS) is 11.2. The van der Waals surface area contributed by atoms with Crippen LogP contribution >= 0.6 is 11.3 Å². The fraction of sp³-hybridized carbons (Fsp3) is 0.400. The van der Waals surface area contributed by atoms with Gasteiger partial charge in [-0.1, -0.05) is 6.07 Å². The summed E-state index contributed by atoms with van der Waals surface area (Å²) >= 11 is 1.66. The molecule has 0 aliphatic rings. The van der Waals surface area contributed by atoms with Gasteiger partial charge in [0, 0.05) is 23.2 Å². The van der Waals surface area contributed by atoms with E-state index in [0.717, 1.165) is 5.69 Å². The number of hydrogen-bond donors (Lipinski definition) is 1. The number of aryl methyl sites for hydroxylation is 1. The topological polar surface area (TPSA) is 80.1 Å². The monoisotopic (exact) mass is 399 g/mol. The van der Waals surface area contributed by atoms with Crippen LogP contribution < -0.4 is 5.32 Å². The van der Waals surface area contributed by atoms with Gasteiger partial charge in [-0.15, -0.1) is 11.3 Å². The van der Waals surface area contributed by atoms with Crippen LogP contribution in [0.1, 0.15) is 41.7 Å². The third-order valence-corrected chi connectivity index (χ3v) is 5.17. The molecule has 148 valence electrons. The first-order chi connectivity index (χ1) is 13.4. The summed E-state index contributed by atoms with van der Waals surface area (Å²) in [6, 6.07) is 5.85. The standard InChI is InChI=1S/C20H25N5O2S/c1-5-24(12-18(26)22-13(2)3)20(27)16-9-14(4)23-19-17(16)10-21-25(19)11-15-7-6-8-28-15/h6-10,13H,5,11-12H2,1-4H3,(H,22,26). The Bertz CT molecular complexity index is 978. The Hall–Kier alpha value is -2.74. The molecule has 0 aromatic carbocycles. The number of nitrogens with one attached hydrogen (secondary N) is 1. The van der Waals surface area contributed by atoms with E-state index in [9.17, 15) is 9.59 Å². The predicted octanol–water partition coefficient (Wildman–Crippen LogP) is 2.84. The van der Waals surface area contributed by atoms with Gasteiger partial charge in [-0.2, -0.15) is 5.10 Å². The third kappa shape index (κ3) is 4.39. The number of likely N-dealkylation sites (N-methyl/N-ethyl adjacent to an activating group) is 1. The van der Waals surface area contributed by atoms with Gasteiger partial charge in [0.1, 0.15) is 0 Å². The highest BCUT2D eigenvalue weighted by atomic mass is 32.1. The molecule has 1 N–H and O–H groups in total. The highest BCUT2D eigenvalue weighted by molar-refractivity contribution is 7.09. The summed E-state index contributed by atoms with van der Waals surface area (Å²) in [6.07, 6.45) is 1.69. The first kappa shape index (κ1) is 20.0. The van der Waals surface area contributed by atoms with Gasteiger partial charge in [0.2, 0.25) is 5.91 Å². The number of nitrogens with zero attached hydrogens (tertiary/aromatic N) is 4. The third-order valence-electron chi connectivity index (χ3n) is 4.31. The lowest BCUT2D eigenvalue weighted by Gasteiger charge is -2.21. The van der Waals surface area contributed by atoms with Gasteiger partial charge in [0.15, 0.2) is 5.65 Å². The molecule has 0 bridgehead atoms. The molecule has 0 aliphatic heterocycles. The van der Waals surface area contributed by atoms with Crippen molar-refractivity contribution < 1.29 is 9.59 Å². The van der Waals surface area contributed by atoms with Crippen molar-refractivity contribution in [2.75, 3.05) is 13.1 Å². The number of carbonyl (C=O) groups is 2. The van der Waals surface area contributed by atoms with Crippen molar-refractivity contribution >= 4 is 34.2 Å². The van der Waals surface area contributed by atoms with E-state index in [4.69, 9.17) is 0 Å². The average Bonchev–Trinajstić information content (AvgIpc) is 3.28. The molecule has 3 heterocycles. The van der Waals surface area contributed by atoms with Crippen LogP contribution in [0.2, 0.25) is 0 Å². The van der Waals surface area contributed by atoms with Crippen molar-refractivity contribution in [3.63, 3.8) is 0 Å². The van der Waals surface area contributed by atoms with E-state index in [1.165, 1.54) is 4.88 Å². The lowest BCUT2D eigenvalue weighted by atomic mass is 10.1. The Morgan fingerprint density at radius 1 is 1.36 bits per heavy atom. The largest absolute Gasteiger partial charge is 0.352 e. The number of rotatable bonds is 7. The summed E-state index contributed by atoms with van der Waals surface area (Å²) < 4.78 is 1.81. The fourth-order valence-electron chi connectivity index (χ4n) is 3.05. The van der Waals surface area contributed by atoms with Gasteiger partial charge >= 0.3 is 0 Å². The Labute approximate surface area is 168 Å². The molecule has 0 fully saturated rings. The number of carbonyl (C=O) groups excluding carboxylic acids is 2. The van der Waals surface area contributed by atoms with E-state index >= 15 is 0 Å². The minimum atomic E-state index is -0.187. The molecule has 8 heteroatoms. The molecule has 0 atom stereocenters. The number of hydrogen-bond acceptors (Lipinski definition) is 5. The van der Waals surface area contributed by atoms with Crippen LogP contribution in [0.5, 0.6) is 0 Å². The highest BCUT2D eigenvalue weighted by Crippen LogP contribution is 2.21. The molecule has 3 rings (SSSR count). The Kier molecular flexibility index (Phi) is 6.08. The number of aromatic nitrogens is 3. The first-order valence-corrected chi connectivity index (χ1v) is 10.2. The van der Waals surface area contributed by atoms with Gasteiger partial charge in [-0.05, 0) is 45.2 Å². The SMILES string of the molecule is CCN(CC(=O)NC(C)C)C(=O)c1cc(C)nc2c1cnn2Cc1cccs1. The lowest BCUT2D eigenvalue weighted by molar-refractivity contribution is -0.122. The van der Waals surface area contributed by atoms with E-state index in [0.29, 0.717) is 29.7 Å². The molecule has 0 saturated carbocycles. The lowest BCUT2D eigenvalue weighted by Crippen LogP contribution is -2.42. The van der Waals surface area contributed by atoms with Gasteiger partial charge < -0.3 is 10.2 Å². The predicted molar refractivity (Wildman–Crippen MR) is 111 cm³/mol. The van der Waals surface area contributed by atoms with Crippen LogP contribution in [0.25, 0.3) is 11.0 Å². The zero-order valence-electron chi connectivity index (χ0n) is 16.6. The summed E-state index contributed by atoms with van der Waals surface area (Å²) in [7, 11) is 0. The minimum Gasteiger partial charge on any atom is -0.352 e. The van der Waals surface area contributed by atoms with E-state index < -0.39 is 0 Å². The summed E-state index contributed by atoms with van der Waals surface area (Å²) in [5.74, 6) is -0.354. The maximum atomic E-state index is 13.2. The van der Waals surface area contributed by atoms with Crippen molar-refractivity contribution in [3.05, 3.63) is 45.9 Å². The average molecular weight is 400 g/mol. The van der Waals surface area contributed by atoms with Gasteiger partial charge in [0.05, 0.1) is 30.2 Å². The van der Waals surface area contributed by atoms with Crippen LogP contribution in [-0.4, -0.2) is 50.6 Å². The van der Waals surface area contributed by atoms with E-state index in [-0.39, 0.29) is 24.4 Å². The smallest absolute Gasteiger partial charge is 0.255 e. The number of fused-ring (bicyclic) bond motifs is 1. The van der Waals surface area contributed by atoms with Crippen LogP contribution in [0.4, 0.5) is 0 Å².